The lowest BCUT2D eigenvalue weighted by Crippen LogP contribution is -2.33. The quantitative estimate of drug-likeness (QED) is 0.679. The third kappa shape index (κ3) is 3.31. The van der Waals surface area contributed by atoms with E-state index >= 15 is 0 Å². The number of halogens is 1. The zero-order valence-electron chi connectivity index (χ0n) is 10.9. The van der Waals surface area contributed by atoms with E-state index in [1.54, 1.807) is 29.2 Å². The van der Waals surface area contributed by atoms with Gasteiger partial charge in [0.2, 0.25) is 11.8 Å². The van der Waals surface area contributed by atoms with Crippen LogP contribution in [0.15, 0.2) is 24.3 Å². The molecule has 4 nitrogen and oxygen atoms in total. The third-order valence-corrected chi connectivity index (χ3v) is 3.45. The van der Waals surface area contributed by atoms with Crippen LogP contribution in [-0.2, 0) is 9.59 Å². The maximum atomic E-state index is 12.0. The molecule has 0 aliphatic carbocycles. The highest BCUT2D eigenvalue weighted by molar-refractivity contribution is 6.30. The van der Waals surface area contributed by atoms with E-state index in [9.17, 15) is 9.59 Å². The highest BCUT2D eigenvalue weighted by atomic mass is 35.5. The molecule has 1 aliphatic heterocycles. The van der Waals surface area contributed by atoms with E-state index in [2.05, 4.69) is 11.2 Å². The van der Waals surface area contributed by atoms with E-state index in [1.165, 1.54) is 0 Å². The molecular formula is C15H15ClN2O2. The van der Waals surface area contributed by atoms with Gasteiger partial charge >= 0.3 is 0 Å². The Morgan fingerprint density at radius 2 is 2.15 bits per heavy atom. The second kappa shape index (κ2) is 6.44. The van der Waals surface area contributed by atoms with Gasteiger partial charge in [0.05, 0.1) is 5.92 Å². The predicted molar refractivity (Wildman–Crippen MR) is 78.4 cm³/mol. The van der Waals surface area contributed by atoms with Crippen molar-refractivity contribution in [3.63, 3.8) is 0 Å². The smallest absolute Gasteiger partial charge is 0.227 e. The maximum Gasteiger partial charge on any atom is 0.227 e. The Bertz CT molecular complexity index is 548. The second-order valence-electron chi connectivity index (χ2n) is 4.63. The monoisotopic (exact) mass is 290 g/mol. The van der Waals surface area contributed by atoms with Crippen molar-refractivity contribution >= 4 is 29.1 Å². The van der Waals surface area contributed by atoms with Crippen LogP contribution in [0.3, 0.4) is 0 Å². The molecule has 2 rings (SSSR count). The molecule has 104 valence electrons. The van der Waals surface area contributed by atoms with Crippen molar-refractivity contribution < 1.29 is 9.59 Å². The van der Waals surface area contributed by atoms with Gasteiger partial charge in [-0.3, -0.25) is 9.59 Å². The first-order valence-corrected chi connectivity index (χ1v) is 6.76. The summed E-state index contributed by atoms with van der Waals surface area (Å²) < 4.78 is 0. The molecule has 20 heavy (non-hydrogen) atoms. The van der Waals surface area contributed by atoms with Crippen LogP contribution < -0.4 is 10.2 Å². The van der Waals surface area contributed by atoms with Gasteiger partial charge in [0.15, 0.2) is 0 Å². The van der Waals surface area contributed by atoms with Crippen LogP contribution in [0.5, 0.6) is 0 Å². The van der Waals surface area contributed by atoms with Gasteiger partial charge < -0.3 is 10.2 Å². The number of nitrogens with one attached hydrogen (secondary N) is 1. The first-order valence-electron chi connectivity index (χ1n) is 6.39. The van der Waals surface area contributed by atoms with E-state index < -0.39 is 0 Å². The molecule has 0 saturated carbocycles. The molecule has 0 bridgehead atoms. The summed E-state index contributed by atoms with van der Waals surface area (Å²) in [7, 11) is 0. The lowest BCUT2D eigenvalue weighted by Gasteiger charge is -2.16. The first kappa shape index (κ1) is 14.4. The fraction of sp³-hybridized carbons (Fsp3) is 0.333. The van der Waals surface area contributed by atoms with Crippen LogP contribution in [0.4, 0.5) is 5.69 Å². The molecule has 0 spiro atoms. The Morgan fingerprint density at radius 1 is 1.45 bits per heavy atom. The lowest BCUT2D eigenvalue weighted by molar-refractivity contribution is -0.126. The van der Waals surface area contributed by atoms with Crippen molar-refractivity contribution in [2.75, 3.05) is 18.0 Å². The average molecular weight is 291 g/mol. The Morgan fingerprint density at radius 3 is 2.80 bits per heavy atom. The minimum atomic E-state index is -0.323. The van der Waals surface area contributed by atoms with Crippen molar-refractivity contribution in [3.8, 4) is 12.3 Å². The molecule has 2 amide bonds. The van der Waals surface area contributed by atoms with E-state index in [0.717, 1.165) is 5.69 Å². The van der Waals surface area contributed by atoms with Gasteiger partial charge in [-0.1, -0.05) is 11.6 Å². The van der Waals surface area contributed by atoms with E-state index in [1.807, 2.05) is 0 Å². The molecule has 1 aromatic rings. The normalized spacial score (nSPS) is 17.9. The molecule has 1 aromatic carbocycles. The number of benzene rings is 1. The van der Waals surface area contributed by atoms with E-state index in [4.69, 9.17) is 18.0 Å². The van der Waals surface area contributed by atoms with Crippen molar-refractivity contribution in [1.29, 1.82) is 0 Å². The fourth-order valence-corrected chi connectivity index (χ4v) is 2.28. The molecule has 1 N–H and O–H groups in total. The number of carbonyl (C=O) groups excluding carboxylic acids is 2. The van der Waals surface area contributed by atoms with Crippen LogP contribution >= 0.6 is 11.6 Å². The van der Waals surface area contributed by atoms with Crippen LogP contribution in [0.1, 0.15) is 12.8 Å². The van der Waals surface area contributed by atoms with Gasteiger partial charge in [-0.05, 0) is 24.3 Å². The molecule has 0 aromatic heterocycles. The highest BCUT2D eigenvalue weighted by Gasteiger charge is 2.34. The molecule has 1 saturated heterocycles. The van der Waals surface area contributed by atoms with Crippen LogP contribution in [-0.4, -0.2) is 24.9 Å². The van der Waals surface area contributed by atoms with Crippen molar-refractivity contribution in [3.05, 3.63) is 29.3 Å². The van der Waals surface area contributed by atoms with E-state index in [0.29, 0.717) is 24.5 Å². The standard InChI is InChI=1S/C15H15ClN2O2/c1-2-3-8-17-15(20)11-9-14(19)18(10-11)13-6-4-12(16)5-7-13/h1,4-7,11H,3,8-10H2,(H,17,20). The number of terminal acetylenes is 1. The number of nitrogens with zero attached hydrogens (tertiary/aromatic N) is 1. The minimum Gasteiger partial charge on any atom is -0.355 e. The molecule has 1 unspecified atom stereocenters. The van der Waals surface area contributed by atoms with Crippen molar-refractivity contribution in [1.82, 2.24) is 5.32 Å². The summed E-state index contributed by atoms with van der Waals surface area (Å²) in [6.07, 6.45) is 5.85. The van der Waals surface area contributed by atoms with Gasteiger partial charge in [-0.15, -0.1) is 12.3 Å². The Kier molecular flexibility index (Phi) is 4.65. The fourth-order valence-electron chi connectivity index (χ4n) is 2.16. The molecule has 1 atom stereocenters. The Balaban J connectivity index is 1.98. The maximum absolute atomic E-state index is 12.0. The topological polar surface area (TPSA) is 49.4 Å². The zero-order valence-corrected chi connectivity index (χ0v) is 11.7. The largest absolute Gasteiger partial charge is 0.355 e. The first-order chi connectivity index (χ1) is 9.61. The SMILES string of the molecule is C#CCCNC(=O)C1CC(=O)N(c2ccc(Cl)cc2)C1. The zero-order chi connectivity index (χ0) is 14.5. The van der Waals surface area contributed by atoms with Gasteiger partial charge in [0.1, 0.15) is 0 Å². The van der Waals surface area contributed by atoms with Gasteiger partial charge in [-0.2, -0.15) is 0 Å². The summed E-state index contributed by atoms with van der Waals surface area (Å²) in [6, 6.07) is 7.01. The summed E-state index contributed by atoms with van der Waals surface area (Å²) in [5.74, 6) is 1.96. The summed E-state index contributed by atoms with van der Waals surface area (Å²) in [6.45, 7) is 0.837. The third-order valence-electron chi connectivity index (χ3n) is 3.20. The number of hydrogen-bond donors (Lipinski definition) is 1. The number of hydrogen-bond acceptors (Lipinski definition) is 2. The Labute approximate surface area is 123 Å². The second-order valence-corrected chi connectivity index (χ2v) is 5.06. The number of carbonyl (C=O) groups is 2. The lowest BCUT2D eigenvalue weighted by atomic mass is 10.1. The molecule has 0 radical (unpaired) electrons. The minimum absolute atomic E-state index is 0.0515. The summed E-state index contributed by atoms with van der Waals surface area (Å²) in [5.41, 5.74) is 0.762. The number of anilines is 1. The summed E-state index contributed by atoms with van der Waals surface area (Å²) in [4.78, 5) is 25.5. The molecule has 1 fully saturated rings. The predicted octanol–water partition coefficient (Wildman–Crippen LogP) is 1.83. The van der Waals surface area contributed by atoms with Crippen LogP contribution in [0.2, 0.25) is 5.02 Å². The Hall–Kier alpha value is -1.99. The van der Waals surface area contributed by atoms with E-state index in [-0.39, 0.29) is 24.2 Å². The van der Waals surface area contributed by atoms with Gasteiger partial charge in [0, 0.05) is 36.6 Å². The molecule has 1 aliphatic rings. The van der Waals surface area contributed by atoms with Crippen molar-refractivity contribution in [2.24, 2.45) is 5.92 Å². The number of rotatable bonds is 4. The number of amides is 2. The van der Waals surface area contributed by atoms with Gasteiger partial charge in [0.25, 0.3) is 0 Å². The molecule has 5 heteroatoms. The van der Waals surface area contributed by atoms with Crippen LogP contribution in [0, 0.1) is 18.3 Å². The highest BCUT2D eigenvalue weighted by Crippen LogP contribution is 2.26. The van der Waals surface area contributed by atoms with Crippen molar-refractivity contribution in [2.45, 2.75) is 12.8 Å². The summed E-state index contributed by atoms with van der Waals surface area (Å²) in [5, 5.41) is 3.36. The van der Waals surface area contributed by atoms with Crippen LogP contribution in [0.25, 0.3) is 0 Å². The molecule has 1 heterocycles. The van der Waals surface area contributed by atoms with Gasteiger partial charge in [-0.25, -0.2) is 0 Å². The molecular weight excluding hydrogens is 276 g/mol. The average Bonchev–Trinajstić information content (AvgIpc) is 2.82. The summed E-state index contributed by atoms with van der Waals surface area (Å²) >= 11 is 5.82.